The van der Waals surface area contributed by atoms with E-state index in [1.807, 2.05) is 0 Å². The zero-order valence-electron chi connectivity index (χ0n) is 19.4. The van der Waals surface area contributed by atoms with Crippen molar-refractivity contribution in [2.24, 2.45) is 29.6 Å². The monoisotopic (exact) mass is 450 g/mol. The molecule has 0 saturated heterocycles. The quantitative estimate of drug-likeness (QED) is 0.286. The van der Waals surface area contributed by atoms with Crippen LogP contribution in [0.15, 0.2) is 12.1 Å². The number of benzene rings is 1. The molecule has 3 heteroatoms. The lowest BCUT2D eigenvalue weighted by atomic mass is 9.60. The van der Waals surface area contributed by atoms with Crippen LogP contribution in [0.3, 0.4) is 0 Å². The van der Waals surface area contributed by atoms with E-state index in [4.69, 9.17) is 11.6 Å². The molecule has 174 valence electrons. The van der Waals surface area contributed by atoms with Crippen LogP contribution in [-0.4, -0.2) is 0 Å². The molecule has 3 fully saturated rings. The lowest BCUT2D eigenvalue weighted by Crippen LogP contribution is -2.34. The Morgan fingerprint density at radius 2 is 1.32 bits per heavy atom. The van der Waals surface area contributed by atoms with Gasteiger partial charge in [0.15, 0.2) is 0 Å². The van der Waals surface area contributed by atoms with Crippen molar-refractivity contribution in [3.8, 4) is 0 Å². The predicted molar refractivity (Wildman–Crippen MR) is 126 cm³/mol. The fourth-order valence-corrected chi connectivity index (χ4v) is 7.42. The average Bonchev–Trinajstić information content (AvgIpc) is 2.79. The molecule has 0 nitrogen and oxygen atoms in total. The van der Waals surface area contributed by atoms with Gasteiger partial charge in [-0.05, 0) is 111 Å². The number of rotatable bonds is 7. The van der Waals surface area contributed by atoms with Gasteiger partial charge in [-0.1, -0.05) is 57.0 Å². The molecule has 3 aliphatic rings. The van der Waals surface area contributed by atoms with Crippen molar-refractivity contribution in [2.45, 2.75) is 109 Å². The minimum absolute atomic E-state index is 0.289. The van der Waals surface area contributed by atoms with Gasteiger partial charge in [0.1, 0.15) is 16.7 Å². The maximum absolute atomic E-state index is 13.9. The summed E-state index contributed by atoms with van der Waals surface area (Å²) in [5.74, 6) is 3.76. The summed E-state index contributed by atoms with van der Waals surface area (Å²) in [5, 5.41) is -0.370. The van der Waals surface area contributed by atoms with E-state index in [2.05, 4.69) is 6.92 Å². The largest absolute Gasteiger partial charge is 0.205 e. The Kier molecular flexibility index (Phi) is 8.34. The molecule has 4 unspecified atom stereocenters. The van der Waals surface area contributed by atoms with Crippen molar-refractivity contribution in [2.75, 3.05) is 0 Å². The second-order valence-electron chi connectivity index (χ2n) is 11.0. The summed E-state index contributed by atoms with van der Waals surface area (Å²) in [6.07, 6.45) is 20.4. The Morgan fingerprint density at radius 1 is 0.742 bits per heavy atom. The van der Waals surface area contributed by atoms with Crippen LogP contribution in [0.5, 0.6) is 0 Å². The normalized spacial score (nSPS) is 33.8. The van der Waals surface area contributed by atoms with E-state index in [9.17, 15) is 8.78 Å². The van der Waals surface area contributed by atoms with Gasteiger partial charge in [0.25, 0.3) is 0 Å². The third-order valence-corrected chi connectivity index (χ3v) is 9.51. The predicted octanol–water partition coefficient (Wildman–Crippen LogP) is 9.69. The van der Waals surface area contributed by atoms with Gasteiger partial charge in [0, 0.05) is 0 Å². The van der Waals surface area contributed by atoms with Crippen molar-refractivity contribution in [3.63, 3.8) is 0 Å². The molecule has 0 radical (unpaired) electrons. The summed E-state index contributed by atoms with van der Waals surface area (Å²) >= 11 is 5.67. The molecule has 0 aromatic heterocycles. The first kappa shape index (κ1) is 23.5. The molecule has 1 aromatic carbocycles. The van der Waals surface area contributed by atoms with Crippen molar-refractivity contribution in [1.29, 1.82) is 0 Å². The summed E-state index contributed by atoms with van der Waals surface area (Å²) < 4.78 is 27.8. The highest BCUT2D eigenvalue weighted by atomic mass is 35.5. The Hall–Kier alpha value is -0.630. The Labute approximate surface area is 193 Å². The van der Waals surface area contributed by atoms with Crippen LogP contribution in [0.25, 0.3) is 0 Å². The van der Waals surface area contributed by atoms with Crippen LogP contribution in [0.2, 0.25) is 5.02 Å². The van der Waals surface area contributed by atoms with E-state index < -0.39 is 11.6 Å². The fourth-order valence-electron chi connectivity index (χ4n) is 7.31. The van der Waals surface area contributed by atoms with Crippen LogP contribution in [0, 0.1) is 41.2 Å². The molecular weight excluding hydrogens is 410 g/mol. The minimum Gasteiger partial charge on any atom is -0.205 e. The molecule has 0 bridgehead atoms. The van der Waals surface area contributed by atoms with Gasteiger partial charge in [-0.15, -0.1) is 0 Å². The zero-order valence-corrected chi connectivity index (χ0v) is 20.1. The first-order valence-electron chi connectivity index (χ1n) is 13.2. The van der Waals surface area contributed by atoms with Gasteiger partial charge >= 0.3 is 0 Å². The van der Waals surface area contributed by atoms with E-state index in [0.29, 0.717) is 0 Å². The standard InChI is InChI=1S/C28H41ClF2/c1-2-3-4-5-6-19-7-8-24-16-23(14-13-22(24)15-19)20-9-11-21(12-10-20)25-17-26(30)28(29)27(31)18-25/h17-24H,2-16H2,1H3. The first-order valence-corrected chi connectivity index (χ1v) is 13.6. The molecule has 4 atom stereocenters. The van der Waals surface area contributed by atoms with E-state index in [1.165, 1.54) is 95.6 Å². The number of unbranched alkanes of at least 4 members (excludes halogenated alkanes) is 3. The van der Waals surface area contributed by atoms with E-state index >= 15 is 0 Å². The molecule has 0 amide bonds. The van der Waals surface area contributed by atoms with Crippen molar-refractivity contribution < 1.29 is 8.78 Å². The molecule has 31 heavy (non-hydrogen) atoms. The molecule has 1 aromatic rings. The molecule has 0 heterocycles. The molecule has 3 saturated carbocycles. The van der Waals surface area contributed by atoms with Crippen molar-refractivity contribution in [1.82, 2.24) is 0 Å². The van der Waals surface area contributed by atoms with Gasteiger partial charge in [0.05, 0.1) is 0 Å². The van der Waals surface area contributed by atoms with Crippen molar-refractivity contribution in [3.05, 3.63) is 34.4 Å². The maximum Gasteiger partial charge on any atom is 0.145 e. The molecule has 0 N–H and O–H groups in total. The zero-order chi connectivity index (χ0) is 21.8. The summed E-state index contributed by atoms with van der Waals surface area (Å²) in [6.45, 7) is 2.30. The molecule has 0 aliphatic heterocycles. The average molecular weight is 451 g/mol. The third-order valence-electron chi connectivity index (χ3n) is 9.14. The molecular formula is C28H41ClF2. The number of halogens is 3. The van der Waals surface area contributed by atoms with E-state index in [0.717, 1.165) is 48.0 Å². The van der Waals surface area contributed by atoms with Crippen LogP contribution in [-0.2, 0) is 0 Å². The Morgan fingerprint density at radius 3 is 2.00 bits per heavy atom. The highest BCUT2D eigenvalue weighted by Crippen LogP contribution is 2.50. The summed E-state index contributed by atoms with van der Waals surface area (Å²) in [7, 11) is 0. The molecule has 3 aliphatic carbocycles. The summed E-state index contributed by atoms with van der Waals surface area (Å²) in [5.41, 5.74) is 0.804. The number of fused-ring (bicyclic) bond motifs is 1. The second-order valence-corrected chi connectivity index (χ2v) is 11.4. The van der Waals surface area contributed by atoms with Crippen LogP contribution in [0.4, 0.5) is 8.78 Å². The number of hydrogen-bond donors (Lipinski definition) is 0. The number of hydrogen-bond acceptors (Lipinski definition) is 0. The van der Waals surface area contributed by atoms with Crippen LogP contribution < -0.4 is 0 Å². The second kappa shape index (κ2) is 11.0. The smallest absolute Gasteiger partial charge is 0.145 e. The highest BCUT2D eigenvalue weighted by molar-refractivity contribution is 6.30. The summed E-state index contributed by atoms with van der Waals surface area (Å²) in [6, 6.07) is 2.92. The van der Waals surface area contributed by atoms with E-state index in [-0.39, 0.29) is 10.9 Å². The lowest BCUT2D eigenvalue weighted by molar-refractivity contribution is 0.0613. The Bertz CT molecular complexity index is 686. The first-order chi connectivity index (χ1) is 15.0. The van der Waals surface area contributed by atoms with Crippen molar-refractivity contribution >= 4 is 11.6 Å². The Balaban J connectivity index is 1.23. The van der Waals surface area contributed by atoms with Gasteiger partial charge in [0.2, 0.25) is 0 Å². The van der Waals surface area contributed by atoms with Gasteiger partial charge in [-0.2, -0.15) is 0 Å². The SMILES string of the molecule is CCCCCCC1CCC2CC(C3CCC(c4cc(F)c(Cl)c(F)c4)CC3)CCC2C1. The molecule has 4 rings (SSSR count). The third kappa shape index (κ3) is 5.84. The van der Waals surface area contributed by atoms with Crippen LogP contribution in [0.1, 0.15) is 115 Å². The molecule has 0 spiro atoms. The minimum atomic E-state index is -0.613. The lowest BCUT2D eigenvalue weighted by Gasteiger charge is -2.45. The summed E-state index contributed by atoms with van der Waals surface area (Å²) in [4.78, 5) is 0. The van der Waals surface area contributed by atoms with E-state index in [1.54, 1.807) is 0 Å². The van der Waals surface area contributed by atoms with Gasteiger partial charge in [-0.3, -0.25) is 0 Å². The van der Waals surface area contributed by atoms with Crippen LogP contribution >= 0.6 is 11.6 Å². The maximum atomic E-state index is 13.9. The van der Waals surface area contributed by atoms with Gasteiger partial charge < -0.3 is 0 Å². The fraction of sp³-hybridized carbons (Fsp3) is 0.786. The van der Waals surface area contributed by atoms with Gasteiger partial charge in [-0.25, -0.2) is 8.78 Å². The topological polar surface area (TPSA) is 0 Å². The highest BCUT2D eigenvalue weighted by Gasteiger charge is 2.38.